The van der Waals surface area contributed by atoms with Gasteiger partial charge in [-0.15, -0.1) is 10.2 Å². The highest BCUT2D eigenvalue weighted by atomic mass is 35.5. The summed E-state index contributed by atoms with van der Waals surface area (Å²) in [7, 11) is 0. The minimum atomic E-state index is -0.321. The molecule has 2 aromatic carbocycles. The third-order valence-electron chi connectivity index (χ3n) is 5.12. The number of hydrogen-bond acceptors (Lipinski definition) is 6. The van der Waals surface area contributed by atoms with Gasteiger partial charge in [-0.3, -0.25) is 9.59 Å². The van der Waals surface area contributed by atoms with Crippen molar-refractivity contribution in [2.45, 2.75) is 22.9 Å². The lowest BCUT2D eigenvalue weighted by atomic mass is 9.96. The number of benzene rings is 2. The highest BCUT2D eigenvalue weighted by Gasteiger charge is 2.29. The number of nitrogens with zero attached hydrogens (tertiary/aromatic N) is 3. The number of carbonyl (C=O) groups excluding carboxylic acids is 2. The van der Waals surface area contributed by atoms with E-state index in [0.717, 1.165) is 6.42 Å². The van der Waals surface area contributed by atoms with Gasteiger partial charge in [-0.2, -0.15) is 0 Å². The van der Waals surface area contributed by atoms with Crippen LogP contribution in [0.4, 0.5) is 9.52 Å². The monoisotopic (exact) mass is 490 g/mol. The Morgan fingerprint density at radius 2 is 1.97 bits per heavy atom. The molecule has 2 amide bonds. The summed E-state index contributed by atoms with van der Waals surface area (Å²) >= 11 is 8.51. The molecule has 1 aliphatic rings. The molecule has 6 nitrogen and oxygen atoms in total. The van der Waals surface area contributed by atoms with Crippen molar-refractivity contribution in [3.63, 3.8) is 0 Å². The third-order valence-corrected chi connectivity index (χ3v) is 7.39. The normalized spacial score (nSPS) is 16.1. The van der Waals surface area contributed by atoms with E-state index in [4.69, 9.17) is 11.6 Å². The molecule has 10 heteroatoms. The van der Waals surface area contributed by atoms with Crippen molar-refractivity contribution in [1.29, 1.82) is 0 Å². The molecule has 0 bridgehead atoms. The minimum absolute atomic E-state index is 0.109. The van der Waals surface area contributed by atoms with Crippen molar-refractivity contribution in [1.82, 2.24) is 15.1 Å². The summed E-state index contributed by atoms with van der Waals surface area (Å²) in [4.78, 5) is 27.2. The highest BCUT2D eigenvalue weighted by Crippen LogP contribution is 2.30. The Bertz CT molecular complexity index is 1110. The first-order chi connectivity index (χ1) is 15.5. The first-order valence-corrected chi connectivity index (χ1v) is 12.2. The number of halogens is 2. The summed E-state index contributed by atoms with van der Waals surface area (Å²) in [5.41, 5.74) is 1.14. The first-order valence-electron chi connectivity index (χ1n) is 10.0. The van der Waals surface area contributed by atoms with Gasteiger partial charge in [-0.25, -0.2) is 4.39 Å². The number of thioether (sulfide) groups is 1. The van der Waals surface area contributed by atoms with E-state index in [9.17, 15) is 14.0 Å². The van der Waals surface area contributed by atoms with Crippen LogP contribution in [0.3, 0.4) is 0 Å². The molecule has 1 aromatic heterocycles. The van der Waals surface area contributed by atoms with Gasteiger partial charge in [0.15, 0.2) is 4.34 Å². The summed E-state index contributed by atoms with van der Waals surface area (Å²) in [5, 5.41) is 11.9. The van der Waals surface area contributed by atoms with E-state index in [1.165, 1.54) is 29.2 Å². The van der Waals surface area contributed by atoms with Crippen LogP contribution in [0.25, 0.3) is 0 Å². The summed E-state index contributed by atoms with van der Waals surface area (Å²) in [6.45, 7) is 0.960. The zero-order valence-electron chi connectivity index (χ0n) is 17.0. The van der Waals surface area contributed by atoms with Crippen LogP contribution in [0.5, 0.6) is 0 Å². The van der Waals surface area contributed by atoms with E-state index < -0.39 is 0 Å². The molecule has 1 fully saturated rings. The molecule has 0 aliphatic carbocycles. The molecule has 0 unspecified atom stereocenters. The molecular formula is C22H20ClFN4O2S2. The van der Waals surface area contributed by atoms with Crippen molar-refractivity contribution in [2.75, 3.05) is 18.4 Å². The van der Waals surface area contributed by atoms with Crippen molar-refractivity contribution in [2.24, 2.45) is 5.92 Å². The van der Waals surface area contributed by atoms with Gasteiger partial charge in [0.2, 0.25) is 11.0 Å². The third kappa shape index (κ3) is 5.65. The molecule has 3 aromatic rings. The summed E-state index contributed by atoms with van der Waals surface area (Å²) in [6, 6.07) is 13.3. The van der Waals surface area contributed by atoms with Gasteiger partial charge in [0.1, 0.15) is 5.82 Å². The van der Waals surface area contributed by atoms with Gasteiger partial charge >= 0.3 is 0 Å². The number of likely N-dealkylation sites (tertiary alicyclic amines) is 1. The van der Waals surface area contributed by atoms with Gasteiger partial charge in [-0.05, 0) is 48.7 Å². The van der Waals surface area contributed by atoms with E-state index in [0.29, 0.717) is 50.9 Å². The molecule has 2 heterocycles. The predicted octanol–water partition coefficient (Wildman–Crippen LogP) is 5.11. The Labute approximate surface area is 198 Å². The molecule has 32 heavy (non-hydrogen) atoms. The number of rotatable bonds is 6. The Hall–Kier alpha value is -2.49. The lowest BCUT2D eigenvalue weighted by Crippen LogP contribution is -2.43. The molecule has 1 saturated heterocycles. The number of carbonyl (C=O) groups is 2. The number of aromatic nitrogens is 2. The molecular weight excluding hydrogens is 471 g/mol. The molecule has 166 valence electrons. The van der Waals surface area contributed by atoms with E-state index in [1.807, 2.05) is 0 Å². The maximum Gasteiger partial charge on any atom is 0.253 e. The van der Waals surface area contributed by atoms with Gasteiger partial charge in [0, 0.05) is 29.4 Å². The predicted molar refractivity (Wildman–Crippen MR) is 125 cm³/mol. The van der Waals surface area contributed by atoms with E-state index >= 15 is 0 Å². The smallest absolute Gasteiger partial charge is 0.253 e. The van der Waals surface area contributed by atoms with Crippen LogP contribution in [0.2, 0.25) is 5.02 Å². The van der Waals surface area contributed by atoms with Crippen molar-refractivity contribution < 1.29 is 14.0 Å². The van der Waals surface area contributed by atoms with Gasteiger partial charge in [0.05, 0.1) is 5.92 Å². The second-order valence-electron chi connectivity index (χ2n) is 7.34. The standard InChI is InChI=1S/C22H20ClFN4O2S2/c23-17-9-7-14(8-10-17)20(30)28-11-3-5-15(12-28)19(29)25-21-26-27-22(32-21)31-13-16-4-1-2-6-18(16)24/h1-2,4,6-10,15H,3,5,11-13H2,(H,25,26,29)/t15-/m0/s1. The van der Waals surface area contributed by atoms with Crippen LogP contribution in [-0.2, 0) is 10.5 Å². The van der Waals surface area contributed by atoms with Crippen LogP contribution in [0.1, 0.15) is 28.8 Å². The number of nitrogens with one attached hydrogen (secondary N) is 1. The lowest BCUT2D eigenvalue weighted by Gasteiger charge is -2.32. The van der Waals surface area contributed by atoms with Crippen molar-refractivity contribution >= 4 is 51.6 Å². The maximum absolute atomic E-state index is 13.8. The van der Waals surface area contributed by atoms with Gasteiger partial charge in [0.25, 0.3) is 5.91 Å². The van der Waals surface area contributed by atoms with Crippen LogP contribution in [0, 0.1) is 11.7 Å². The molecule has 0 spiro atoms. The zero-order chi connectivity index (χ0) is 22.5. The second kappa shape index (κ2) is 10.4. The average Bonchev–Trinajstić information content (AvgIpc) is 3.26. The first kappa shape index (κ1) is 22.7. The van der Waals surface area contributed by atoms with Gasteiger partial charge in [-0.1, -0.05) is 52.9 Å². The number of amides is 2. The quantitative estimate of drug-likeness (QED) is 0.383. The SMILES string of the molecule is O=C(Nc1nnc(SCc2ccccc2F)s1)[C@H]1CCCN(C(=O)c2ccc(Cl)cc2)C1. The zero-order valence-corrected chi connectivity index (χ0v) is 19.4. The van der Waals surface area contributed by atoms with Crippen LogP contribution < -0.4 is 5.32 Å². The summed E-state index contributed by atoms with van der Waals surface area (Å²) in [5.74, 6) is -0.437. The summed E-state index contributed by atoms with van der Waals surface area (Å²) < 4.78 is 14.4. The Morgan fingerprint density at radius 3 is 2.75 bits per heavy atom. The molecule has 4 rings (SSSR count). The fraction of sp³-hybridized carbons (Fsp3) is 0.273. The second-order valence-corrected chi connectivity index (χ2v) is 9.98. The largest absolute Gasteiger partial charge is 0.338 e. The highest BCUT2D eigenvalue weighted by molar-refractivity contribution is 8.00. The number of hydrogen-bond donors (Lipinski definition) is 1. The topological polar surface area (TPSA) is 75.2 Å². The maximum atomic E-state index is 13.8. The Balaban J connectivity index is 1.32. The fourth-order valence-electron chi connectivity index (χ4n) is 3.43. The van der Waals surface area contributed by atoms with E-state index in [2.05, 4.69) is 15.5 Å². The Kier molecular flexibility index (Phi) is 7.39. The lowest BCUT2D eigenvalue weighted by molar-refractivity contribution is -0.121. The van der Waals surface area contributed by atoms with Gasteiger partial charge < -0.3 is 10.2 Å². The average molecular weight is 491 g/mol. The fourth-order valence-corrected chi connectivity index (χ4v) is 5.30. The van der Waals surface area contributed by atoms with Crippen LogP contribution in [0.15, 0.2) is 52.9 Å². The molecule has 0 saturated carbocycles. The van der Waals surface area contributed by atoms with E-state index in [-0.39, 0.29) is 23.5 Å². The van der Waals surface area contributed by atoms with Crippen molar-refractivity contribution in [3.8, 4) is 0 Å². The van der Waals surface area contributed by atoms with Crippen LogP contribution >= 0.6 is 34.7 Å². The molecule has 0 radical (unpaired) electrons. The molecule has 1 atom stereocenters. The van der Waals surface area contributed by atoms with Crippen molar-refractivity contribution in [3.05, 3.63) is 70.5 Å². The number of piperidine rings is 1. The van der Waals surface area contributed by atoms with E-state index in [1.54, 1.807) is 47.4 Å². The minimum Gasteiger partial charge on any atom is -0.338 e. The molecule has 1 aliphatic heterocycles. The molecule has 1 N–H and O–H groups in total. The Morgan fingerprint density at radius 1 is 1.19 bits per heavy atom. The van der Waals surface area contributed by atoms with Crippen LogP contribution in [-0.4, -0.2) is 40.0 Å². The number of anilines is 1. The summed E-state index contributed by atoms with van der Waals surface area (Å²) in [6.07, 6.45) is 1.45.